The first kappa shape index (κ1) is 11.4. The minimum absolute atomic E-state index is 0.0850. The molecule has 1 atom stereocenters. The molecule has 0 bridgehead atoms. The van der Waals surface area contributed by atoms with Gasteiger partial charge in [0, 0.05) is 10.7 Å². The van der Waals surface area contributed by atoms with E-state index < -0.39 is 0 Å². The Kier molecular flexibility index (Phi) is 4.29. The maximum Gasteiger partial charge on any atom is 0.237 e. The predicted molar refractivity (Wildman–Crippen MR) is 63.1 cm³/mol. The van der Waals surface area contributed by atoms with Crippen LogP contribution in [0.3, 0.4) is 0 Å². The first-order chi connectivity index (χ1) is 6.63. The molecule has 0 aliphatic carbocycles. The van der Waals surface area contributed by atoms with Gasteiger partial charge in [0.2, 0.25) is 5.91 Å². The minimum atomic E-state index is -0.259. The topological polar surface area (TPSA) is 29.1 Å². The molecule has 0 aliphatic rings. The fourth-order valence-electron chi connectivity index (χ4n) is 0.944. The third kappa shape index (κ3) is 3.24. The monoisotopic (exact) mass is 229 g/mol. The van der Waals surface area contributed by atoms with Gasteiger partial charge in [0.15, 0.2) is 0 Å². The molecule has 0 spiro atoms. The lowest BCUT2D eigenvalue weighted by atomic mass is 10.3. The van der Waals surface area contributed by atoms with E-state index in [2.05, 4.69) is 17.9 Å². The van der Waals surface area contributed by atoms with Crippen molar-refractivity contribution in [2.75, 3.05) is 5.32 Å². The number of halogens is 1. The third-order valence-electron chi connectivity index (χ3n) is 1.80. The van der Waals surface area contributed by atoms with E-state index in [1.54, 1.807) is 24.3 Å². The molecule has 1 aromatic rings. The molecule has 0 saturated carbocycles. The maximum absolute atomic E-state index is 11.4. The smallest absolute Gasteiger partial charge is 0.237 e. The number of hydrogen-bond acceptors (Lipinski definition) is 2. The van der Waals surface area contributed by atoms with Crippen molar-refractivity contribution < 1.29 is 4.79 Å². The molecule has 1 aromatic carbocycles. The van der Waals surface area contributed by atoms with Gasteiger partial charge in [-0.2, -0.15) is 12.6 Å². The van der Waals surface area contributed by atoms with Crippen LogP contribution in [0.5, 0.6) is 0 Å². The minimum Gasteiger partial charge on any atom is -0.325 e. The van der Waals surface area contributed by atoms with Crippen LogP contribution in [0.15, 0.2) is 24.3 Å². The summed E-state index contributed by atoms with van der Waals surface area (Å²) in [5.41, 5.74) is 0.743. The summed E-state index contributed by atoms with van der Waals surface area (Å²) in [4.78, 5) is 11.4. The van der Waals surface area contributed by atoms with Crippen LogP contribution in [-0.4, -0.2) is 11.2 Å². The molecule has 1 unspecified atom stereocenters. The summed E-state index contributed by atoms with van der Waals surface area (Å²) in [6, 6.07) is 6.99. The lowest BCUT2D eigenvalue weighted by Crippen LogP contribution is -2.22. The highest BCUT2D eigenvalue weighted by molar-refractivity contribution is 7.81. The van der Waals surface area contributed by atoms with E-state index in [0.29, 0.717) is 11.4 Å². The number of carbonyl (C=O) groups is 1. The van der Waals surface area contributed by atoms with Crippen LogP contribution in [-0.2, 0) is 4.79 Å². The van der Waals surface area contributed by atoms with Crippen molar-refractivity contribution in [3.8, 4) is 0 Å². The first-order valence-corrected chi connectivity index (χ1v) is 5.27. The van der Waals surface area contributed by atoms with Crippen LogP contribution in [0.4, 0.5) is 5.69 Å². The molecule has 1 amide bonds. The number of amides is 1. The molecule has 0 heterocycles. The summed E-state index contributed by atoms with van der Waals surface area (Å²) >= 11 is 9.85. The van der Waals surface area contributed by atoms with E-state index in [1.165, 1.54) is 0 Å². The van der Waals surface area contributed by atoms with E-state index in [9.17, 15) is 4.79 Å². The Morgan fingerprint density at radius 3 is 2.57 bits per heavy atom. The average molecular weight is 230 g/mol. The van der Waals surface area contributed by atoms with Gasteiger partial charge in [-0.3, -0.25) is 4.79 Å². The molecule has 0 aromatic heterocycles. The molecule has 1 rings (SSSR count). The molecule has 4 heteroatoms. The quantitative estimate of drug-likeness (QED) is 0.767. The molecule has 0 radical (unpaired) electrons. The third-order valence-corrected chi connectivity index (χ3v) is 2.65. The normalized spacial score (nSPS) is 12.2. The van der Waals surface area contributed by atoms with Crippen LogP contribution in [0, 0.1) is 0 Å². The van der Waals surface area contributed by atoms with Crippen LogP contribution < -0.4 is 5.32 Å². The Morgan fingerprint density at radius 1 is 1.50 bits per heavy atom. The summed E-state index contributed by atoms with van der Waals surface area (Å²) in [6.07, 6.45) is 0.711. The van der Waals surface area contributed by atoms with Gasteiger partial charge in [0.05, 0.1) is 5.25 Å². The lowest BCUT2D eigenvalue weighted by molar-refractivity contribution is -0.115. The van der Waals surface area contributed by atoms with E-state index >= 15 is 0 Å². The Balaban J connectivity index is 2.60. The number of anilines is 1. The van der Waals surface area contributed by atoms with E-state index in [1.807, 2.05) is 6.92 Å². The predicted octanol–water partition coefficient (Wildman–Crippen LogP) is 2.99. The highest BCUT2D eigenvalue weighted by atomic mass is 35.5. The van der Waals surface area contributed by atoms with Crippen molar-refractivity contribution >= 4 is 35.8 Å². The van der Waals surface area contributed by atoms with Gasteiger partial charge < -0.3 is 5.32 Å². The van der Waals surface area contributed by atoms with Crippen molar-refractivity contribution in [2.24, 2.45) is 0 Å². The second-order valence-corrected chi connectivity index (χ2v) is 3.98. The van der Waals surface area contributed by atoms with Crippen molar-refractivity contribution in [1.29, 1.82) is 0 Å². The maximum atomic E-state index is 11.4. The zero-order valence-corrected chi connectivity index (χ0v) is 9.48. The summed E-state index contributed by atoms with van der Waals surface area (Å²) in [5.74, 6) is -0.0850. The van der Waals surface area contributed by atoms with E-state index in [4.69, 9.17) is 11.6 Å². The largest absolute Gasteiger partial charge is 0.325 e. The van der Waals surface area contributed by atoms with Gasteiger partial charge in [0.1, 0.15) is 0 Å². The van der Waals surface area contributed by atoms with Crippen LogP contribution in [0.25, 0.3) is 0 Å². The summed E-state index contributed by atoms with van der Waals surface area (Å²) < 4.78 is 0. The van der Waals surface area contributed by atoms with Gasteiger partial charge in [-0.1, -0.05) is 18.5 Å². The second kappa shape index (κ2) is 5.27. The molecule has 1 N–H and O–H groups in total. The number of carbonyl (C=O) groups excluding carboxylic acids is 1. The van der Waals surface area contributed by atoms with Crippen LogP contribution >= 0.6 is 24.2 Å². The molecular formula is C10H12ClNOS. The summed E-state index contributed by atoms with van der Waals surface area (Å²) in [7, 11) is 0. The number of rotatable bonds is 3. The van der Waals surface area contributed by atoms with E-state index in [0.717, 1.165) is 5.69 Å². The highest BCUT2D eigenvalue weighted by Crippen LogP contribution is 2.14. The highest BCUT2D eigenvalue weighted by Gasteiger charge is 2.10. The van der Waals surface area contributed by atoms with Gasteiger partial charge in [-0.05, 0) is 30.7 Å². The fourth-order valence-corrected chi connectivity index (χ4v) is 1.13. The first-order valence-electron chi connectivity index (χ1n) is 4.38. The summed E-state index contributed by atoms with van der Waals surface area (Å²) in [6.45, 7) is 1.92. The molecule has 2 nitrogen and oxygen atoms in total. The Labute approximate surface area is 94.1 Å². The van der Waals surface area contributed by atoms with Crippen LogP contribution in [0.1, 0.15) is 13.3 Å². The average Bonchev–Trinajstić information content (AvgIpc) is 2.20. The molecule has 0 aliphatic heterocycles. The van der Waals surface area contributed by atoms with Crippen molar-refractivity contribution in [3.63, 3.8) is 0 Å². The number of benzene rings is 1. The fraction of sp³-hybridized carbons (Fsp3) is 0.300. The standard InChI is InChI=1S/C10H12ClNOS/c1-2-9(14)10(13)12-8-5-3-7(11)4-6-8/h3-6,9,14H,2H2,1H3,(H,12,13). The molecule has 14 heavy (non-hydrogen) atoms. The molecule has 0 fully saturated rings. The van der Waals surface area contributed by atoms with Crippen LogP contribution in [0.2, 0.25) is 5.02 Å². The molecule has 76 valence electrons. The summed E-state index contributed by atoms with van der Waals surface area (Å²) in [5, 5.41) is 3.14. The second-order valence-electron chi connectivity index (χ2n) is 2.92. The van der Waals surface area contributed by atoms with E-state index in [-0.39, 0.29) is 11.2 Å². The molecule has 0 saturated heterocycles. The Bertz CT molecular complexity index is 312. The Morgan fingerprint density at radius 2 is 2.07 bits per heavy atom. The molecular weight excluding hydrogens is 218 g/mol. The lowest BCUT2D eigenvalue weighted by Gasteiger charge is -2.08. The Hall–Kier alpha value is -0.670. The van der Waals surface area contributed by atoms with Gasteiger partial charge in [-0.25, -0.2) is 0 Å². The zero-order valence-electron chi connectivity index (χ0n) is 7.83. The number of hydrogen-bond donors (Lipinski definition) is 2. The van der Waals surface area contributed by atoms with Gasteiger partial charge in [0.25, 0.3) is 0 Å². The number of nitrogens with one attached hydrogen (secondary N) is 1. The van der Waals surface area contributed by atoms with Gasteiger partial charge in [-0.15, -0.1) is 0 Å². The SMILES string of the molecule is CCC(S)C(=O)Nc1ccc(Cl)cc1. The van der Waals surface area contributed by atoms with Crippen molar-refractivity contribution in [2.45, 2.75) is 18.6 Å². The van der Waals surface area contributed by atoms with Gasteiger partial charge >= 0.3 is 0 Å². The zero-order chi connectivity index (χ0) is 10.6. The van der Waals surface area contributed by atoms with Crippen molar-refractivity contribution in [3.05, 3.63) is 29.3 Å². The van der Waals surface area contributed by atoms with Crippen molar-refractivity contribution in [1.82, 2.24) is 0 Å². The number of thiol groups is 1.